The number of amides is 1. The predicted molar refractivity (Wildman–Crippen MR) is 96.8 cm³/mol. The average molecular weight is 359 g/mol. The van der Waals surface area contributed by atoms with E-state index in [0.29, 0.717) is 22.2 Å². The topological polar surface area (TPSA) is 81.7 Å². The molecule has 1 heterocycles. The van der Waals surface area contributed by atoms with Gasteiger partial charge in [-0.2, -0.15) is 0 Å². The maximum atomic E-state index is 12.4. The standard InChI is InChI=1S/C17H17N3O4S/c1-22-10-7-8-12-14(9-10)25-17(18-12)20-19-16(21)11-5-4-6-13(23-2)15(11)24-3/h4-9H,1-3H3,(H,18,20)(H,19,21). The van der Waals surface area contributed by atoms with E-state index < -0.39 is 0 Å². The van der Waals surface area contributed by atoms with Crippen LogP contribution in [0.3, 0.4) is 0 Å². The van der Waals surface area contributed by atoms with Crippen molar-refractivity contribution in [3.05, 3.63) is 42.0 Å². The van der Waals surface area contributed by atoms with E-state index in [4.69, 9.17) is 14.2 Å². The smallest absolute Gasteiger partial charge is 0.273 e. The number of carbonyl (C=O) groups is 1. The molecule has 0 aliphatic rings. The molecule has 0 bridgehead atoms. The summed E-state index contributed by atoms with van der Waals surface area (Å²) >= 11 is 1.41. The number of hydrogen-bond donors (Lipinski definition) is 2. The fraction of sp³-hybridized carbons (Fsp3) is 0.176. The van der Waals surface area contributed by atoms with Crippen LogP contribution in [0.25, 0.3) is 10.2 Å². The Morgan fingerprint density at radius 1 is 1.08 bits per heavy atom. The molecule has 2 N–H and O–H groups in total. The first kappa shape index (κ1) is 16.8. The van der Waals surface area contributed by atoms with Gasteiger partial charge in [-0.3, -0.25) is 15.6 Å². The Hall–Kier alpha value is -3.00. The van der Waals surface area contributed by atoms with Crippen LogP contribution in [0.15, 0.2) is 36.4 Å². The number of methoxy groups -OCH3 is 3. The first-order valence-corrected chi connectivity index (χ1v) is 8.20. The second-order valence-electron chi connectivity index (χ2n) is 4.97. The first-order valence-electron chi connectivity index (χ1n) is 7.38. The summed E-state index contributed by atoms with van der Waals surface area (Å²) < 4.78 is 16.6. The lowest BCUT2D eigenvalue weighted by molar-refractivity contribution is 0.0959. The second kappa shape index (κ2) is 7.27. The summed E-state index contributed by atoms with van der Waals surface area (Å²) in [6.07, 6.45) is 0. The number of aromatic nitrogens is 1. The van der Waals surface area contributed by atoms with Crippen molar-refractivity contribution in [3.63, 3.8) is 0 Å². The normalized spacial score (nSPS) is 10.4. The molecule has 25 heavy (non-hydrogen) atoms. The number of carbonyl (C=O) groups excluding carboxylic acids is 1. The van der Waals surface area contributed by atoms with E-state index in [1.54, 1.807) is 25.3 Å². The number of hydrogen-bond acceptors (Lipinski definition) is 7. The van der Waals surface area contributed by atoms with E-state index >= 15 is 0 Å². The number of nitrogens with zero attached hydrogens (tertiary/aromatic N) is 1. The summed E-state index contributed by atoms with van der Waals surface area (Å²) in [4.78, 5) is 16.8. The zero-order valence-electron chi connectivity index (χ0n) is 14.0. The van der Waals surface area contributed by atoms with Crippen molar-refractivity contribution in [2.75, 3.05) is 26.8 Å². The molecule has 0 unspecified atom stereocenters. The monoisotopic (exact) mass is 359 g/mol. The van der Waals surface area contributed by atoms with Crippen molar-refractivity contribution in [2.24, 2.45) is 0 Å². The summed E-state index contributed by atoms with van der Waals surface area (Å²) in [7, 11) is 4.62. The van der Waals surface area contributed by atoms with Crippen LogP contribution in [-0.2, 0) is 0 Å². The van der Waals surface area contributed by atoms with Gasteiger partial charge in [0.15, 0.2) is 11.5 Å². The molecule has 130 valence electrons. The molecule has 0 fully saturated rings. The van der Waals surface area contributed by atoms with Gasteiger partial charge in [0, 0.05) is 0 Å². The molecule has 1 amide bonds. The molecule has 0 aliphatic heterocycles. The lowest BCUT2D eigenvalue weighted by atomic mass is 10.2. The number of nitrogens with one attached hydrogen (secondary N) is 2. The highest BCUT2D eigenvalue weighted by Gasteiger charge is 2.16. The molecule has 1 aromatic heterocycles. The van der Waals surface area contributed by atoms with Gasteiger partial charge in [0.2, 0.25) is 5.13 Å². The maximum absolute atomic E-state index is 12.4. The summed E-state index contributed by atoms with van der Waals surface area (Å²) in [6, 6.07) is 10.7. The third-order valence-corrected chi connectivity index (χ3v) is 4.46. The molecular weight excluding hydrogens is 342 g/mol. The van der Waals surface area contributed by atoms with Gasteiger partial charge < -0.3 is 14.2 Å². The van der Waals surface area contributed by atoms with E-state index in [1.807, 2.05) is 18.2 Å². The Bertz CT molecular complexity index is 910. The van der Waals surface area contributed by atoms with E-state index in [1.165, 1.54) is 25.6 Å². The zero-order chi connectivity index (χ0) is 17.8. The number of ether oxygens (including phenoxy) is 3. The number of rotatable bonds is 6. The minimum atomic E-state index is -0.354. The molecule has 2 aromatic carbocycles. The maximum Gasteiger partial charge on any atom is 0.273 e. The SMILES string of the molecule is COc1ccc2nc(NNC(=O)c3cccc(OC)c3OC)sc2c1. The Kier molecular flexibility index (Phi) is 4.90. The van der Waals surface area contributed by atoms with Gasteiger partial charge in [0.1, 0.15) is 5.75 Å². The van der Waals surface area contributed by atoms with Gasteiger partial charge in [-0.05, 0) is 30.3 Å². The Morgan fingerprint density at radius 3 is 2.64 bits per heavy atom. The molecule has 0 radical (unpaired) electrons. The molecule has 3 rings (SSSR count). The van der Waals surface area contributed by atoms with Crippen molar-refractivity contribution in [2.45, 2.75) is 0 Å². The molecule has 0 spiro atoms. The van der Waals surface area contributed by atoms with E-state index in [-0.39, 0.29) is 5.91 Å². The summed E-state index contributed by atoms with van der Waals surface area (Å²) in [5, 5.41) is 0.568. The molecule has 8 heteroatoms. The average Bonchev–Trinajstić information content (AvgIpc) is 3.07. The number of thiazole rings is 1. The number of benzene rings is 2. The molecule has 0 atom stereocenters. The van der Waals surface area contributed by atoms with Crippen LogP contribution in [0.2, 0.25) is 0 Å². The number of hydrazine groups is 1. The number of anilines is 1. The fourth-order valence-corrected chi connectivity index (χ4v) is 3.18. The van der Waals surface area contributed by atoms with Crippen LogP contribution in [0, 0.1) is 0 Å². The molecule has 3 aromatic rings. The van der Waals surface area contributed by atoms with Crippen molar-refractivity contribution in [1.29, 1.82) is 0 Å². The van der Waals surface area contributed by atoms with Gasteiger partial charge in [0.05, 0.1) is 37.1 Å². The molecule has 0 aliphatic carbocycles. The highest BCUT2D eigenvalue weighted by Crippen LogP contribution is 2.31. The van der Waals surface area contributed by atoms with Crippen LogP contribution in [-0.4, -0.2) is 32.2 Å². The summed E-state index contributed by atoms with van der Waals surface area (Å²) in [5.41, 5.74) is 6.63. The zero-order valence-corrected chi connectivity index (χ0v) is 14.8. The summed E-state index contributed by atoms with van der Waals surface area (Å²) in [5.74, 6) is 1.26. The van der Waals surface area contributed by atoms with E-state index in [0.717, 1.165) is 16.0 Å². The number of para-hydroxylation sites is 1. The van der Waals surface area contributed by atoms with Gasteiger partial charge in [0.25, 0.3) is 5.91 Å². The van der Waals surface area contributed by atoms with Crippen LogP contribution >= 0.6 is 11.3 Å². The Balaban J connectivity index is 1.76. The molecule has 0 saturated heterocycles. The van der Waals surface area contributed by atoms with E-state index in [9.17, 15) is 4.79 Å². The predicted octanol–water partition coefficient (Wildman–Crippen LogP) is 3.08. The van der Waals surface area contributed by atoms with E-state index in [2.05, 4.69) is 15.8 Å². The second-order valence-corrected chi connectivity index (χ2v) is 6.00. The molecular formula is C17H17N3O4S. The number of fused-ring (bicyclic) bond motifs is 1. The van der Waals surface area contributed by atoms with Crippen molar-refractivity contribution >= 4 is 32.6 Å². The van der Waals surface area contributed by atoms with Gasteiger partial charge in [-0.15, -0.1) is 0 Å². The Morgan fingerprint density at radius 2 is 1.92 bits per heavy atom. The van der Waals surface area contributed by atoms with Crippen LogP contribution in [0.4, 0.5) is 5.13 Å². The minimum absolute atomic E-state index is 0.354. The Labute approximate surface area is 148 Å². The van der Waals surface area contributed by atoms with Gasteiger partial charge in [-0.25, -0.2) is 4.98 Å². The lowest BCUT2D eigenvalue weighted by Gasteiger charge is -2.12. The third-order valence-electron chi connectivity index (χ3n) is 3.53. The minimum Gasteiger partial charge on any atom is -0.497 e. The molecule has 7 nitrogen and oxygen atoms in total. The van der Waals surface area contributed by atoms with Gasteiger partial charge in [-0.1, -0.05) is 17.4 Å². The highest BCUT2D eigenvalue weighted by atomic mass is 32.1. The highest BCUT2D eigenvalue weighted by molar-refractivity contribution is 7.22. The van der Waals surface area contributed by atoms with Crippen LogP contribution in [0.1, 0.15) is 10.4 Å². The summed E-state index contributed by atoms with van der Waals surface area (Å²) in [6.45, 7) is 0. The third kappa shape index (κ3) is 3.43. The largest absolute Gasteiger partial charge is 0.497 e. The van der Waals surface area contributed by atoms with Crippen molar-refractivity contribution in [1.82, 2.24) is 10.4 Å². The van der Waals surface area contributed by atoms with Crippen LogP contribution < -0.4 is 25.1 Å². The lowest BCUT2D eigenvalue weighted by Crippen LogP contribution is -2.29. The first-order chi connectivity index (χ1) is 12.2. The molecule has 0 saturated carbocycles. The quantitative estimate of drug-likeness (QED) is 0.658. The van der Waals surface area contributed by atoms with Crippen molar-refractivity contribution in [3.8, 4) is 17.2 Å². The van der Waals surface area contributed by atoms with Crippen LogP contribution in [0.5, 0.6) is 17.2 Å². The van der Waals surface area contributed by atoms with Crippen molar-refractivity contribution < 1.29 is 19.0 Å². The fourth-order valence-electron chi connectivity index (χ4n) is 2.33. The van der Waals surface area contributed by atoms with Gasteiger partial charge >= 0.3 is 0 Å².